The van der Waals surface area contributed by atoms with Crippen LogP contribution < -0.4 is 10.6 Å². The summed E-state index contributed by atoms with van der Waals surface area (Å²) in [7, 11) is 3.57. The molecule has 4 heteroatoms. The van der Waals surface area contributed by atoms with E-state index >= 15 is 0 Å². The number of carbonyl (C=O) groups excluding carboxylic acids is 1. The van der Waals surface area contributed by atoms with Crippen LogP contribution in [0.4, 0.5) is 0 Å². The van der Waals surface area contributed by atoms with Gasteiger partial charge in [0, 0.05) is 26.7 Å². The topological polar surface area (TPSA) is 44.4 Å². The standard InChI is InChI=1S/C14H21N3O/c1-17(2)14(18)10-16-13-7-8-15-9-11-5-3-4-6-12(11)13/h3-6,13,15-16H,7-10H2,1-2H3. The van der Waals surface area contributed by atoms with Crippen LogP contribution >= 0.6 is 0 Å². The van der Waals surface area contributed by atoms with Crippen molar-refractivity contribution in [2.75, 3.05) is 27.2 Å². The zero-order valence-corrected chi connectivity index (χ0v) is 11.1. The van der Waals surface area contributed by atoms with Crippen molar-refractivity contribution in [3.05, 3.63) is 35.4 Å². The van der Waals surface area contributed by atoms with E-state index < -0.39 is 0 Å². The number of nitrogens with one attached hydrogen (secondary N) is 2. The molecule has 18 heavy (non-hydrogen) atoms. The smallest absolute Gasteiger partial charge is 0.236 e. The van der Waals surface area contributed by atoms with E-state index in [2.05, 4.69) is 34.9 Å². The molecule has 1 heterocycles. The van der Waals surface area contributed by atoms with Crippen LogP contribution in [-0.2, 0) is 11.3 Å². The fourth-order valence-electron chi connectivity index (χ4n) is 2.24. The molecule has 0 spiro atoms. The first-order chi connectivity index (χ1) is 8.68. The summed E-state index contributed by atoms with van der Waals surface area (Å²) in [5, 5.41) is 6.78. The summed E-state index contributed by atoms with van der Waals surface area (Å²) in [5.41, 5.74) is 2.64. The molecule has 2 rings (SSSR count). The van der Waals surface area contributed by atoms with Crippen molar-refractivity contribution < 1.29 is 4.79 Å². The highest BCUT2D eigenvalue weighted by atomic mass is 16.2. The molecule has 0 fully saturated rings. The van der Waals surface area contributed by atoms with Gasteiger partial charge in [-0.3, -0.25) is 4.79 Å². The van der Waals surface area contributed by atoms with Gasteiger partial charge in [0.1, 0.15) is 0 Å². The molecule has 2 N–H and O–H groups in total. The zero-order chi connectivity index (χ0) is 13.0. The molecule has 0 saturated carbocycles. The first-order valence-corrected chi connectivity index (χ1v) is 6.40. The Hall–Kier alpha value is -1.39. The number of rotatable bonds is 3. The third-order valence-corrected chi connectivity index (χ3v) is 3.35. The molecule has 1 aliphatic heterocycles. The molecule has 1 atom stereocenters. The molecule has 1 unspecified atom stereocenters. The lowest BCUT2D eigenvalue weighted by molar-refractivity contribution is -0.127. The number of benzene rings is 1. The predicted molar refractivity (Wildman–Crippen MR) is 72.2 cm³/mol. The Balaban J connectivity index is 2.06. The second-order valence-corrected chi connectivity index (χ2v) is 4.89. The molecule has 1 aromatic carbocycles. The fraction of sp³-hybridized carbons (Fsp3) is 0.500. The van der Waals surface area contributed by atoms with Crippen molar-refractivity contribution in [2.45, 2.75) is 19.0 Å². The average Bonchev–Trinajstić information content (AvgIpc) is 2.58. The third-order valence-electron chi connectivity index (χ3n) is 3.35. The lowest BCUT2D eigenvalue weighted by Gasteiger charge is -2.20. The van der Waals surface area contributed by atoms with Gasteiger partial charge >= 0.3 is 0 Å². The van der Waals surface area contributed by atoms with Crippen LogP contribution in [0.1, 0.15) is 23.6 Å². The fourth-order valence-corrected chi connectivity index (χ4v) is 2.24. The van der Waals surface area contributed by atoms with Crippen molar-refractivity contribution in [1.82, 2.24) is 15.5 Å². The molecular weight excluding hydrogens is 226 g/mol. The summed E-state index contributed by atoms with van der Waals surface area (Å²) in [6.07, 6.45) is 1.01. The van der Waals surface area contributed by atoms with Gasteiger partial charge in [-0.05, 0) is 24.1 Å². The Morgan fingerprint density at radius 3 is 3.00 bits per heavy atom. The van der Waals surface area contributed by atoms with E-state index in [4.69, 9.17) is 0 Å². The van der Waals surface area contributed by atoms with E-state index in [0.717, 1.165) is 19.5 Å². The Morgan fingerprint density at radius 1 is 1.44 bits per heavy atom. The summed E-state index contributed by atoms with van der Waals surface area (Å²) in [6, 6.07) is 8.69. The summed E-state index contributed by atoms with van der Waals surface area (Å²) < 4.78 is 0. The second kappa shape index (κ2) is 5.98. The number of fused-ring (bicyclic) bond motifs is 1. The van der Waals surface area contributed by atoms with Gasteiger partial charge in [0.15, 0.2) is 0 Å². The van der Waals surface area contributed by atoms with E-state index in [1.807, 2.05) is 0 Å². The normalized spacial score (nSPS) is 18.9. The Bertz CT molecular complexity index is 417. The predicted octanol–water partition coefficient (Wildman–Crippen LogP) is 0.899. The van der Waals surface area contributed by atoms with Gasteiger partial charge in [-0.25, -0.2) is 0 Å². The highest BCUT2D eigenvalue weighted by Gasteiger charge is 2.18. The van der Waals surface area contributed by atoms with Crippen molar-refractivity contribution >= 4 is 5.91 Å². The van der Waals surface area contributed by atoms with Crippen LogP contribution in [0.25, 0.3) is 0 Å². The molecule has 98 valence electrons. The summed E-state index contributed by atoms with van der Waals surface area (Å²) in [5.74, 6) is 0.115. The molecule has 0 saturated heterocycles. The van der Waals surface area contributed by atoms with Gasteiger partial charge in [0.25, 0.3) is 0 Å². The van der Waals surface area contributed by atoms with Gasteiger partial charge in [-0.1, -0.05) is 24.3 Å². The first kappa shape index (κ1) is 13.1. The summed E-state index contributed by atoms with van der Waals surface area (Å²) in [6.45, 7) is 2.28. The van der Waals surface area contributed by atoms with Crippen LogP contribution in [0.15, 0.2) is 24.3 Å². The van der Waals surface area contributed by atoms with Gasteiger partial charge in [0.05, 0.1) is 6.54 Å². The minimum absolute atomic E-state index is 0.115. The maximum atomic E-state index is 11.6. The van der Waals surface area contributed by atoms with E-state index in [1.165, 1.54) is 11.1 Å². The molecule has 4 nitrogen and oxygen atoms in total. The SMILES string of the molecule is CN(C)C(=O)CNC1CCNCc2ccccc21. The Kier molecular flexibility index (Phi) is 4.33. The van der Waals surface area contributed by atoms with Crippen LogP contribution in [0.5, 0.6) is 0 Å². The summed E-state index contributed by atoms with van der Waals surface area (Å²) in [4.78, 5) is 13.3. The molecule has 0 bridgehead atoms. The van der Waals surface area contributed by atoms with Gasteiger partial charge in [-0.2, -0.15) is 0 Å². The van der Waals surface area contributed by atoms with Crippen LogP contribution in [0, 0.1) is 0 Å². The maximum absolute atomic E-state index is 11.6. The van der Waals surface area contributed by atoms with Crippen molar-refractivity contribution in [2.24, 2.45) is 0 Å². The molecule has 1 aromatic rings. The maximum Gasteiger partial charge on any atom is 0.236 e. The van der Waals surface area contributed by atoms with Gasteiger partial charge in [-0.15, -0.1) is 0 Å². The quantitative estimate of drug-likeness (QED) is 0.834. The number of hydrogen-bond donors (Lipinski definition) is 2. The summed E-state index contributed by atoms with van der Waals surface area (Å²) >= 11 is 0. The molecule has 0 aliphatic carbocycles. The molecule has 0 aromatic heterocycles. The molecular formula is C14H21N3O. The number of hydrogen-bond acceptors (Lipinski definition) is 3. The number of carbonyl (C=O) groups is 1. The van der Waals surface area contributed by atoms with E-state index in [1.54, 1.807) is 19.0 Å². The lowest BCUT2D eigenvalue weighted by atomic mass is 9.99. The number of amides is 1. The molecule has 1 aliphatic rings. The van der Waals surface area contributed by atoms with Crippen LogP contribution in [0.2, 0.25) is 0 Å². The Labute approximate surface area is 108 Å². The van der Waals surface area contributed by atoms with Crippen molar-refractivity contribution in [1.29, 1.82) is 0 Å². The third kappa shape index (κ3) is 3.09. The van der Waals surface area contributed by atoms with E-state index in [-0.39, 0.29) is 11.9 Å². The number of nitrogens with zero attached hydrogens (tertiary/aromatic N) is 1. The highest BCUT2D eigenvalue weighted by molar-refractivity contribution is 5.77. The average molecular weight is 247 g/mol. The second-order valence-electron chi connectivity index (χ2n) is 4.89. The van der Waals surface area contributed by atoms with E-state index in [9.17, 15) is 4.79 Å². The van der Waals surface area contributed by atoms with Crippen LogP contribution in [-0.4, -0.2) is 38.0 Å². The van der Waals surface area contributed by atoms with Gasteiger partial charge in [0.2, 0.25) is 5.91 Å². The van der Waals surface area contributed by atoms with E-state index in [0.29, 0.717) is 6.54 Å². The molecule has 1 amide bonds. The van der Waals surface area contributed by atoms with Crippen molar-refractivity contribution in [3.63, 3.8) is 0 Å². The minimum Gasteiger partial charge on any atom is -0.348 e. The zero-order valence-electron chi connectivity index (χ0n) is 11.1. The van der Waals surface area contributed by atoms with Crippen LogP contribution in [0.3, 0.4) is 0 Å². The monoisotopic (exact) mass is 247 g/mol. The molecule has 0 radical (unpaired) electrons. The lowest BCUT2D eigenvalue weighted by Crippen LogP contribution is -2.35. The number of likely N-dealkylation sites (N-methyl/N-ethyl adjacent to an activating group) is 1. The minimum atomic E-state index is 0.115. The van der Waals surface area contributed by atoms with Crippen molar-refractivity contribution in [3.8, 4) is 0 Å². The van der Waals surface area contributed by atoms with Gasteiger partial charge < -0.3 is 15.5 Å². The first-order valence-electron chi connectivity index (χ1n) is 6.40. The highest BCUT2D eigenvalue weighted by Crippen LogP contribution is 2.23. The Morgan fingerprint density at radius 2 is 2.22 bits per heavy atom. The largest absolute Gasteiger partial charge is 0.348 e.